The van der Waals surface area contributed by atoms with Gasteiger partial charge in [0.25, 0.3) is 10.0 Å². The average molecular weight is 301 g/mol. The lowest BCUT2D eigenvalue weighted by atomic mass is 9.92. The van der Waals surface area contributed by atoms with Gasteiger partial charge in [-0.1, -0.05) is 0 Å². The SMILES string of the molecule is CN(C)S(=O)(=O)c1ccc(CNC2CCC(N)CC2)o1. The quantitative estimate of drug-likeness (QED) is 0.843. The summed E-state index contributed by atoms with van der Waals surface area (Å²) in [6.07, 6.45) is 4.20. The van der Waals surface area contributed by atoms with Crippen molar-refractivity contribution < 1.29 is 12.8 Å². The summed E-state index contributed by atoms with van der Waals surface area (Å²) in [6, 6.07) is 3.98. The highest BCUT2D eigenvalue weighted by atomic mass is 32.2. The number of hydrogen-bond donors (Lipinski definition) is 2. The van der Waals surface area contributed by atoms with Crippen molar-refractivity contribution in [3.8, 4) is 0 Å². The Kier molecular flexibility index (Phi) is 4.85. The van der Waals surface area contributed by atoms with Crippen molar-refractivity contribution in [3.05, 3.63) is 17.9 Å². The summed E-state index contributed by atoms with van der Waals surface area (Å²) in [5.41, 5.74) is 5.87. The molecule has 1 fully saturated rings. The van der Waals surface area contributed by atoms with E-state index in [1.54, 1.807) is 6.07 Å². The molecule has 0 bridgehead atoms. The summed E-state index contributed by atoms with van der Waals surface area (Å²) in [5.74, 6) is 0.639. The van der Waals surface area contributed by atoms with Gasteiger partial charge in [-0.25, -0.2) is 12.7 Å². The zero-order valence-corrected chi connectivity index (χ0v) is 12.8. The van der Waals surface area contributed by atoms with Gasteiger partial charge in [0.1, 0.15) is 5.76 Å². The maximum absolute atomic E-state index is 11.9. The smallest absolute Gasteiger partial charge is 0.275 e. The van der Waals surface area contributed by atoms with Gasteiger partial charge in [0.2, 0.25) is 5.09 Å². The van der Waals surface area contributed by atoms with Crippen LogP contribution in [0.2, 0.25) is 0 Å². The molecule has 2 rings (SSSR count). The largest absolute Gasteiger partial charge is 0.447 e. The van der Waals surface area contributed by atoms with Crippen LogP contribution in [0.3, 0.4) is 0 Å². The topological polar surface area (TPSA) is 88.6 Å². The zero-order valence-electron chi connectivity index (χ0n) is 12.0. The number of nitrogens with one attached hydrogen (secondary N) is 1. The highest BCUT2D eigenvalue weighted by Crippen LogP contribution is 2.19. The first-order chi connectivity index (χ1) is 9.39. The van der Waals surface area contributed by atoms with Gasteiger partial charge in [0.15, 0.2) is 0 Å². The third-order valence-electron chi connectivity index (χ3n) is 3.71. The molecule has 1 aliphatic carbocycles. The van der Waals surface area contributed by atoms with Gasteiger partial charge < -0.3 is 15.5 Å². The van der Waals surface area contributed by atoms with E-state index in [9.17, 15) is 8.42 Å². The summed E-state index contributed by atoms with van der Waals surface area (Å²) in [4.78, 5) is 0. The second kappa shape index (κ2) is 6.26. The van der Waals surface area contributed by atoms with E-state index in [1.165, 1.54) is 20.2 Å². The molecule has 0 amide bonds. The van der Waals surface area contributed by atoms with Crippen molar-refractivity contribution in [1.29, 1.82) is 0 Å². The Morgan fingerprint density at radius 3 is 2.55 bits per heavy atom. The number of rotatable bonds is 5. The minimum atomic E-state index is -3.48. The fourth-order valence-electron chi connectivity index (χ4n) is 2.34. The van der Waals surface area contributed by atoms with E-state index in [0.717, 1.165) is 30.0 Å². The van der Waals surface area contributed by atoms with E-state index >= 15 is 0 Å². The second-order valence-corrected chi connectivity index (χ2v) is 7.58. The van der Waals surface area contributed by atoms with Gasteiger partial charge in [0, 0.05) is 26.2 Å². The summed E-state index contributed by atoms with van der Waals surface area (Å²) >= 11 is 0. The molecule has 114 valence electrons. The van der Waals surface area contributed by atoms with Gasteiger partial charge in [-0.15, -0.1) is 0 Å². The van der Waals surface area contributed by atoms with Gasteiger partial charge in [0.05, 0.1) is 6.54 Å². The van der Waals surface area contributed by atoms with E-state index in [2.05, 4.69) is 5.32 Å². The lowest BCUT2D eigenvalue weighted by Crippen LogP contribution is -2.36. The normalized spacial score (nSPS) is 24.2. The minimum Gasteiger partial charge on any atom is -0.447 e. The molecule has 6 nitrogen and oxygen atoms in total. The van der Waals surface area contributed by atoms with E-state index < -0.39 is 10.0 Å². The van der Waals surface area contributed by atoms with E-state index in [-0.39, 0.29) is 5.09 Å². The predicted octanol–water partition coefficient (Wildman–Crippen LogP) is 0.889. The van der Waals surface area contributed by atoms with Crippen molar-refractivity contribution >= 4 is 10.0 Å². The van der Waals surface area contributed by atoms with Crippen molar-refractivity contribution in [2.75, 3.05) is 14.1 Å². The molecule has 0 aliphatic heterocycles. The summed E-state index contributed by atoms with van der Waals surface area (Å²) in [6.45, 7) is 0.544. The lowest BCUT2D eigenvalue weighted by Gasteiger charge is -2.26. The fourth-order valence-corrected chi connectivity index (χ4v) is 3.15. The van der Waals surface area contributed by atoms with Crippen LogP contribution in [0.4, 0.5) is 0 Å². The van der Waals surface area contributed by atoms with Gasteiger partial charge in [-0.2, -0.15) is 0 Å². The van der Waals surface area contributed by atoms with Crippen LogP contribution in [-0.4, -0.2) is 38.9 Å². The highest BCUT2D eigenvalue weighted by molar-refractivity contribution is 7.88. The maximum Gasteiger partial charge on any atom is 0.275 e. The first-order valence-corrected chi connectivity index (χ1v) is 8.34. The number of nitrogens with two attached hydrogens (primary N) is 1. The second-order valence-electron chi connectivity index (χ2n) is 5.50. The van der Waals surface area contributed by atoms with Crippen LogP contribution >= 0.6 is 0 Å². The van der Waals surface area contributed by atoms with E-state index in [4.69, 9.17) is 10.2 Å². The molecule has 0 unspecified atom stereocenters. The molecular weight excluding hydrogens is 278 g/mol. The molecule has 0 radical (unpaired) electrons. The monoisotopic (exact) mass is 301 g/mol. The Morgan fingerprint density at radius 1 is 1.30 bits per heavy atom. The molecule has 1 aromatic rings. The molecule has 0 aromatic carbocycles. The number of hydrogen-bond acceptors (Lipinski definition) is 5. The maximum atomic E-state index is 11.9. The van der Waals surface area contributed by atoms with E-state index in [1.807, 2.05) is 0 Å². The average Bonchev–Trinajstić information content (AvgIpc) is 2.87. The van der Waals surface area contributed by atoms with Gasteiger partial charge >= 0.3 is 0 Å². The Morgan fingerprint density at radius 2 is 1.95 bits per heavy atom. The molecule has 20 heavy (non-hydrogen) atoms. The molecule has 1 saturated carbocycles. The fraction of sp³-hybridized carbons (Fsp3) is 0.692. The molecule has 1 aromatic heterocycles. The Bertz CT molecular complexity index is 531. The molecule has 7 heteroatoms. The van der Waals surface area contributed by atoms with Crippen LogP contribution in [0.1, 0.15) is 31.4 Å². The zero-order chi connectivity index (χ0) is 14.8. The Balaban J connectivity index is 1.90. The third kappa shape index (κ3) is 3.60. The molecule has 3 N–H and O–H groups in total. The van der Waals surface area contributed by atoms with Crippen molar-refractivity contribution in [1.82, 2.24) is 9.62 Å². The summed E-state index contributed by atoms with van der Waals surface area (Å²) in [7, 11) is -0.510. The van der Waals surface area contributed by atoms with Crippen LogP contribution in [-0.2, 0) is 16.6 Å². The lowest BCUT2D eigenvalue weighted by molar-refractivity contribution is 0.322. The molecular formula is C13H23N3O3S. The van der Waals surface area contributed by atoms with Crippen molar-refractivity contribution in [2.24, 2.45) is 5.73 Å². The van der Waals surface area contributed by atoms with Crippen LogP contribution in [0.5, 0.6) is 0 Å². The van der Waals surface area contributed by atoms with Crippen LogP contribution < -0.4 is 11.1 Å². The Labute approximate surface area is 120 Å². The molecule has 0 saturated heterocycles. The number of nitrogens with zero attached hydrogens (tertiary/aromatic N) is 1. The van der Waals surface area contributed by atoms with E-state index in [0.29, 0.717) is 24.4 Å². The highest BCUT2D eigenvalue weighted by Gasteiger charge is 2.22. The summed E-state index contributed by atoms with van der Waals surface area (Å²) in [5, 5.41) is 3.39. The standard InChI is InChI=1S/C13H23N3O3S/c1-16(2)20(17,18)13-8-7-12(19-13)9-15-11-5-3-10(14)4-6-11/h7-8,10-11,15H,3-6,9,14H2,1-2H3. The van der Waals surface area contributed by atoms with Crippen LogP contribution in [0.25, 0.3) is 0 Å². The Hall–Kier alpha value is -0.890. The molecule has 0 spiro atoms. The minimum absolute atomic E-state index is 0.00929. The molecule has 1 aliphatic rings. The van der Waals surface area contributed by atoms with Crippen molar-refractivity contribution in [3.63, 3.8) is 0 Å². The molecule has 1 heterocycles. The first kappa shape index (κ1) is 15.5. The van der Waals surface area contributed by atoms with Crippen LogP contribution in [0, 0.1) is 0 Å². The first-order valence-electron chi connectivity index (χ1n) is 6.90. The predicted molar refractivity (Wildman–Crippen MR) is 76.7 cm³/mol. The third-order valence-corrected chi connectivity index (χ3v) is 5.40. The number of sulfonamides is 1. The van der Waals surface area contributed by atoms with Crippen molar-refractivity contribution in [2.45, 2.75) is 49.4 Å². The summed E-state index contributed by atoms with van der Waals surface area (Å²) < 4.78 is 30.3. The van der Waals surface area contributed by atoms with Gasteiger partial charge in [-0.3, -0.25) is 0 Å². The van der Waals surface area contributed by atoms with Gasteiger partial charge in [-0.05, 0) is 37.8 Å². The number of furan rings is 1. The van der Waals surface area contributed by atoms with Crippen LogP contribution in [0.15, 0.2) is 21.6 Å². The molecule has 0 atom stereocenters.